The van der Waals surface area contributed by atoms with E-state index in [1.165, 1.54) is 0 Å². The van der Waals surface area contributed by atoms with Gasteiger partial charge < -0.3 is 0 Å². The fourth-order valence-corrected chi connectivity index (χ4v) is 3.01. The number of aromatic nitrogens is 3. The van der Waals surface area contributed by atoms with Crippen molar-refractivity contribution in [3.05, 3.63) is 27.8 Å². The van der Waals surface area contributed by atoms with E-state index in [9.17, 15) is 4.79 Å². The molecule has 0 saturated heterocycles. The van der Waals surface area contributed by atoms with Crippen molar-refractivity contribution in [1.82, 2.24) is 15.0 Å². The lowest BCUT2D eigenvalue weighted by Gasteiger charge is -2.29. The molecule has 98 valence electrons. The van der Waals surface area contributed by atoms with Crippen LogP contribution in [0.2, 0.25) is 0 Å². The number of aryl methyl sites for hydroxylation is 1. The lowest BCUT2D eigenvalue weighted by atomic mass is 9.76. The van der Waals surface area contributed by atoms with Gasteiger partial charge in [0.2, 0.25) is 0 Å². The van der Waals surface area contributed by atoms with Gasteiger partial charge in [0.25, 0.3) is 0 Å². The molecular formula is C14H15N3OS. The van der Waals surface area contributed by atoms with Crippen molar-refractivity contribution in [2.75, 3.05) is 0 Å². The van der Waals surface area contributed by atoms with Crippen molar-refractivity contribution in [1.29, 1.82) is 0 Å². The van der Waals surface area contributed by atoms with E-state index in [1.807, 2.05) is 12.3 Å². The van der Waals surface area contributed by atoms with Gasteiger partial charge >= 0.3 is 0 Å². The quantitative estimate of drug-likeness (QED) is 0.801. The van der Waals surface area contributed by atoms with Crippen LogP contribution in [-0.4, -0.2) is 20.7 Å². The largest absolute Gasteiger partial charge is 0.294 e. The molecule has 0 saturated carbocycles. The van der Waals surface area contributed by atoms with Crippen LogP contribution in [0.15, 0.2) is 11.6 Å². The third-order valence-corrected chi connectivity index (χ3v) is 4.07. The van der Waals surface area contributed by atoms with E-state index in [1.54, 1.807) is 17.5 Å². The topological polar surface area (TPSA) is 55.7 Å². The zero-order valence-corrected chi connectivity index (χ0v) is 12.0. The average Bonchev–Trinajstić information content (AvgIpc) is 2.73. The van der Waals surface area contributed by atoms with Crippen LogP contribution in [-0.2, 0) is 6.42 Å². The summed E-state index contributed by atoms with van der Waals surface area (Å²) in [5.74, 6) is 0.765. The first kappa shape index (κ1) is 12.4. The predicted octanol–water partition coefficient (Wildman–Crippen LogP) is 3.06. The summed E-state index contributed by atoms with van der Waals surface area (Å²) in [6.07, 6.45) is 3.04. The van der Waals surface area contributed by atoms with Crippen LogP contribution in [0.1, 0.15) is 41.3 Å². The molecule has 1 aliphatic carbocycles. The summed E-state index contributed by atoms with van der Waals surface area (Å²) in [6, 6.07) is 0. The van der Waals surface area contributed by atoms with E-state index in [0.717, 1.165) is 22.8 Å². The second kappa shape index (κ2) is 4.20. The van der Waals surface area contributed by atoms with Crippen molar-refractivity contribution < 1.29 is 4.79 Å². The molecule has 2 aromatic heterocycles. The highest BCUT2D eigenvalue weighted by molar-refractivity contribution is 7.09. The van der Waals surface area contributed by atoms with E-state index in [2.05, 4.69) is 28.8 Å². The Balaban J connectivity index is 2.06. The number of fused-ring (bicyclic) bond motifs is 1. The van der Waals surface area contributed by atoms with Crippen LogP contribution in [0.25, 0.3) is 11.5 Å². The first-order valence-corrected chi connectivity index (χ1v) is 7.14. The first-order valence-electron chi connectivity index (χ1n) is 6.26. The molecule has 0 aromatic carbocycles. The number of ketones is 1. The molecule has 0 spiro atoms. The first-order chi connectivity index (χ1) is 8.94. The minimum Gasteiger partial charge on any atom is -0.294 e. The fraction of sp³-hybridized carbons (Fsp3) is 0.429. The smallest absolute Gasteiger partial charge is 0.179 e. The third kappa shape index (κ3) is 2.30. The summed E-state index contributed by atoms with van der Waals surface area (Å²) < 4.78 is 0. The molecule has 4 nitrogen and oxygen atoms in total. The molecule has 2 aromatic rings. The molecule has 0 N–H and O–H groups in total. The molecule has 2 heterocycles. The molecule has 3 rings (SSSR count). The Hall–Kier alpha value is -1.62. The Bertz CT molecular complexity index is 660. The second-order valence-electron chi connectivity index (χ2n) is 5.75. The van der Waals surface area contributed by atoms with Crippen LogP contribution < -0.4 is 0 Å². The average molecular weight is 273 g/mol. The zero-order chi connectivity index (χ0) is 13.6. The Morgan fingerprint density at radius 3 is 2.74 bits per heavy atom. The molecular weight excluding hydrogens is 258 g/mol. The number of nitrogens with zero attached hydrogens (tertiary/aromatic N) is 3. The molecule has 0 amide bonds. The van der Waals surface area contributed by atoms with E-state index < -0.39 is 0 Å². The maximum absolute atomic E-state index is 12.1. The lowest BCUT2D eigenvalue weighted by Crippen LogP contribution is -2.28. The number of thiazole rings is 1. The molecule has 0 atom stereocenters. The van der Waals surface area contributed by atoms with Gasteiger partial charge in [0.05, 0.1) is 16.3 Å². The monoisotopic (exact) mass is 273 g/mol. The van der Waals surface area contributed by atoms with Gasteiger partial charge in [0.15, 0.2) is 11.6 Å². The van der Waals surface area contributed by atoms with Gasteiger partial charge in [-0.05, 0) is 18.8 Å². The van der Waals surface area contributed by atoms with E-state index >= 15 is 0 Å². The summed E-state index contributed by atoms with van der Waals surface area (Å²) in [4.78, 5) is 25.3. The van der Waals surface area contributed by atoms with Gasteiger partial charge in [-0.25, -0.2) is 15.0 Å². The molecule has 1 aliphatic rings. The molecule has 0 bridgehead atoms. The predicted molar refractivity (Wildman–Crippen MR) is 74.3 cm³/mol. The second-order valence-corrected chi connectivity index (χ2v) is 6.81. The minimum atomic E-state index is -0.0201. The number of rotatable bonds is 1. The standard InChI is InChI=1S/C14H15N3OS/c1-8-16-11(7-19-8)13-15-6-9-10(17-13)4-14(2,3)5-12(9)18/h6-7H,4-5H2,1-3H3. The molecule has 5 heteroatoms. The Kier molecular flexibility index (Phi) is 2.74. The summed E-state index contributed by atoms with van der Waals surface area (Å²) in [7, 11) is 0. The number of carbonyl (C=O) groups excluding carboxylic acids is 1. The zero-order valence-electron chi connectivity index (χ0n) is 11.2. The van der Waals surface area contributed by atoms with Crippen molar-refractivity contribution in [3.8, 4) is 11.5 Å². The Labute approximate surface area is 115 Å². The number of hydrogen-bond donors (Lipinski definition) is 0. The van der Waals surface area contributed by atoms with Crippen LogP contribution >= 0.6 is 11.3 Å². The highest BCUT2D eigenvalue weighted by Crippen LogP contribution is 2.34. The van der Waals surface area contributed by atoms with Crippen molar-refractivity contribution in [2.24, 2.45) is 5.41 Å². The Morgan fingerprint density at radius 1 is 1.26 bits per heavy atom. The number of Topliss-reactive ketones (excluding diaryl/α,β-unsaturated/α-hetero) is 1. The van der Waals surface area contributed by atoms with Gasteiger partial charge in [-0.2, -0.15) is 0 Å². The third-order valence-electron chi connectivity index (χ3n) is 3.30. The highest BCUT2D eigenvalue weighted by atomic mass is 32.1. The van der Waals surface area contributed by atoms with Gasteiger partial charge in [-0.1, -0.05) is 13.8 Å². The normalized spacial score (nSPS) is 17.3. The summed E-state index contributed by atoms with van der Waals surface area (Å²) >= 11 is 1.58. The number of hydrogen-bond acceptors (Lipinski definition) is 5. The van der Waals surface area contributed by atoms with Gasteiger partial charge in [0.1, 0.15) is 5.69 Å². The van der Waals surface area contributed by atoms with E-state index in [-0.39, 0.29) is 11.2 Å². The summed E-state index contributed by atoms with van der Waals surface area (Å²) in [5.41, 5.74) is 2.31. The van der Waals surface area contributed by atoms with Crippen molar-refractivity contribution in [3.63, 3.8) is 0 Å². The van der Waals surface area contributed by atoms with Crippen molar-refractivity contribution in [2.45, 2.75) is 33.6 Å². The van der Waals surface area contributed by atoms with Gasteiger partial charge in [-0.3, -0.25) is 4.79 Å². The number of carbonyl (C=O) groups is 1. The van der Waals surface area contributed by atoms with Crippen LogP contribution in [0.3, 0.4) is 0 Å². The van der Waals surface area contributed by atoms with Crippen molar-refractivity contribution >= 4 is 17.1 Å². The van der Waals surface area contributed by atoms with Crippen LogP contribution in [0.4, 0.5) is 0 Å². The lowest BCUT2D eigenvalue weighted by molar-refractivity contribution is 0.0910. The van der Waals surface area contributed by atoms with Crippen LogP contribution in [0, 0.1) is 12.3 Å². The maximum atomic E-state index is 12.1. The minimum absolute atomic E-state index is 0.0201. The summed E-state index contributed by atoms with van der Waals surface area (Å²) in [5, 5.41) is 2.94. The highest BCUT2D eigenvalue weighted by Gasteiger charge is 2.32. The van der Waals surface area contributed by atoms with E-state index in [0.29, 0.717) is 17.8 Å². The molecule has 0 unspecified atom stereocenters. The van der Waals surface area contributed by atoms with Gasteiger partial charge in [-0.15, -0.1) is 11.3 Å². The molecule has 0 radical (unpaired) electrons. The van der Waals surface area contributed by atoms with Gasteiger partial charge in [0, 0.05) is 18.0 Å². The summed E-state index contributed by atoms with van der Waals surface area (Å²) in [6.45, 7) is 6.16. The van der Waals surface area contributed by atoms with E-state index in [4.69, 9.17) is 0 Å². The maximum Gasteiger partial charge on any atom is 0.179 e. The van der Waals surface area contributed by atoms with Crippen LogP contribution in [0.5, 0.6) is 0 Å². The molecule has 0 aliphatic heterocycles. The fourth-order valence-electron chi connectivity index (χ4n) is 2.42. The molecule has 0 fully saturated rings. The Morgan fingerprint density at radius 2 is 2.05 bits per heavy atom. The molecule has 19 heavy (non-hydrogen) atoms. The SMILES string of the molecule is Cc1nc(-c2ncc3c(n2)CC(C)(C)CC3=O)cs1.